The first-order valence-corrected chi connectivity index (χ1v) is 4.93. The maximum Gasteiger partial charge on any atom is 0.120 e. The number of hydrogen-bond acceptors (Lipinski definition) is 3. The van der Waals surface area contributed by atoms with E-state index in [0.717, 1.165) is 26.1 Å². The van der Waals surface area contributed by atoms with Gasteiger partial charge in [0.25, 0.3) is 0 Å². The van der Waals surface area contributed by atoms with Crippen LogP contribution in [0.15, 0.2) is 0 Å². The van der Waals surface area contributed by atoms with Crippen LogP contribution in [0.5, 0.6) is 0 Å². The minimum atomic E-state index is -0.279. The summed E-state index contributed by atoms with van der Waals surface area (Å²) < 4.78 is 0. The molecule has 3 nitrogen and oxygen atoms in total. The molecule has 0 aliphatic carbocycles. The van der Waals surface area contributed by atoms with Crippen molar-refractivity contribution in [1.82, 2.24) is 10.2 Å². The summed E-state index contributed by atoms with van der Waals surface area (Å²) in [5.41, 5.74) is -0.279. The molecule has 1 saturated heterocycles. The van der Waals surface area contributed by atoms with Crippen molar-refractivity contribution in [3.05, 3.63) is 0 Å². The molecule has 1 aliphatic heterocycles. The van der Waals surface area contributed by atoms with Gasteiger partial charge >= 0.3 is 0 Å². The predicted octanol–water partition coefficient (Wildman–Crippen LogP) is 0.830. The molecule has 74 valence electrons. The van der Waals surface area contributed by atoms with Crippen LogP contribution in [0.1, 0.15) is 20.3 Å². The van der Waals surface area contributed by atoms with Crippen LogP contribution in [-0.4, -0.2) is 37.1 Å². The Balaban J connectivity index is 2.47. The predicted molar refractivity (Wildman–Crippen MR) is 53.3 cm³/mol. The molecule has 0 saturated carbocycles. The highest BCUT2D eigenvalue weighted by molar-refractivity contribution is 5.12. The van der Waals surface area contributed by atoms with Crippen molar-refractivity contribution in [3.63, 3.8) is 0 Å². The minimum Gasteiger partial charge on any atom is -0.303 e. The Morgan fingerprint density at radius 1 is 1.62 bits per heavy atom. The van der Waals surface area contributed by atoms with Crippen LogP contribution < -0.4 is 5.32 Å². The van der Waals surface area contributed by atoms with Gasteiger partial charge in [-0.2, -0.15) is 5.26 Å². The number of nitrogens with zero attached hydrogens (tertiary/aromatic N) is 2. The van der Waals surface area contributed by atoms with E-state index in [1.165, 1.54) is 0 Å². The number of likely N-dealkylation sites (N-methyl/N-ethyl adjacent to an activating group) is 1. The summed E-state index contributed by atoms with van der Waals surface area (Å²) in [5.74, 6) is 0.608. The van der Waals surface area contributed by atoms with E-state index in [2.05, 4.69) is 37.2 Å². The van der Waals surface area contributed by atoms with Crippen LogP contribution in [0.4, 0.5) is 0 Å². The third kappa shape index (κ3) is 2.68. The summed E-state index contributed by atoms with van der Waals surface area (Å²) in [6, 6.07) is 2.41. The number of nitriles is 1. The smallest absolute Gasteiger partial charge is 0.120 e. The molecule has 1 fully saturated rings. The van der Waals surface area contributed by atoms with Crippen molar-refractivity contribution in [2.24, 2.45) is 5.92 Å². The van der Waals surface area contributed by atoms with Crippen molar-refractivity contribution in [1.29, 1.82) is 5.26 Å². The average Bonchev–Trinajstić information content (AvgIpc) is 2.45. The van der Waals surface area contributed by atoms with E-state index < -0.39 is 0 Å². The fourth-order valence-corrected chi connectivity index (χ4v) is 1.68. The quantitative estimate of drug-likeness (QED) is 0.701. The summed E-state index contributed by atoms with van der Waals surface area (Å²) in [6.07, 6.45) is 0.951. The molecule has 0 radical (unpaired) electrons. The Labute approximate surface area is 80.7 Å². The summed E-state index contributed by atoms with van der Waals surface area (Å²) in [4.78, 5) is 2.20. The standard InChI is InChI=1S/C10H19N3/c1-9(2)6-12-10(7-11)4-5-13(3)8-10/h9,12H,4-6,8H2,1-3H3. The topological polar surface area (TPSA) is 39.1 Å². The molecule has 0 aromatic heterocycles. The minimum absolute atomic E-state index is 0.279. The van der Waals surface area contributed by atoms with Gasteiger partial charge in [-0.3, -0.25) is 5.32 Å². The number of likely N-dealkylation sites (tertiary alicyclic amines) is 1. The molecular formula is C10H19N3. The zero-order valence-corrected chi connectivity index (χ0v) is 8.80. The lowest BCUT2D eigenvalue weighted by molar-refractivity contribution is 0.353. The second-order valence-electron chi connectivity index (χ2n) is 4.46. The Hall–Kier alpha value is -0.590. The zero-order valence-electron chi connectivity index (χ0n) is 8.80. The summed E-state index contributed by atoms with van der Waals surface area (Å²) >= 11 is 0. The second-order valence-corrected chi connectivity index (χ2v) is 4.46. The first kappa shape index (κ1) is 10.5. The molecule has 13 heavy (non-hydrogen) atoms. The van der Waals surface area contributed by atoms with Crippen LogP contribution >= 0.6 is 0 Å². The van der Waals surface area contributed by atoms with Gasteiger partial charge in [0, 0.05) is 13.1 Å². The molecule has 1 atom stereocenters. The van der Waals surface area contributed by atoms with Crippen molar-refractivity contribution >= 4 is 0 Å². The molecule has 1 heterocycles. The Bertz CT molecular complexity index is 207. The monoisotopic (exact) mass is 181 g/mol. The van der Waals surface area contributed by atoms with E-state index in [1.807, 2.05) is 0 Å². The molecule has 0 aromatic carbocycles. The van der Waals surface area contributed by atoms with Crippen molar-refractivity contribution in [2.75, 3.05) is 26.7 Å². The zero-order chi connectivity index (χ0) is 9.90. The molecule has 0 spiro atoms. The number of rotatable bonds is 3. The first-order chi connectivity index (χ1) is 6.08. The Morgan fingerprint density at radius 3 is 2.69 bits per heavy atom. The normalized spacial score (nSPS) is 29.5. The van der Waals surface area contributed by atoms with Gasteiger partial charge in [-0.1, -0.05) is 13.8 Å². The largest absolute Gasteiger partial charge is 0.303 e. The lowest BCUT2D eigenvalue weighted by Gasteiger charge is -2.23. The highest BCUT2D eigenvalue weighted by atomic mass is 15.2. The second kappa shape index (κ2) is 4.08. The molecule has 1 aliphatic rings. The number of hydrogen-bond donors (Lipinski definition) is 1. The average molecular weight is 181 g/mol. The third-order valence-electron chi connectivity index (χ3n) is 2.52. The summed E-state index contributed by atoms with van der Waals surface area (Å²) in [7, 11) is 2.07. The van der Waals surface area contributed by atoms with Crippen molar-refractivity contribution in [2.45, 2.75) is 25.8 Å². The first-order valence-electron chi connectivity index (χ1n) is 4.93. The Morgan fingerprint density at radius 2 is 2.31 bits per heavy atom. The van der Waals surface area contributed by atoms with Crippen LogP contribution in [-0.2, 0) is 0 Å². The summed E-state index contributed by atoms with van der Waals surface area (Å²) in [6.45, 7) is 7.14. The van der Waals surface area contributed by atoms with Crippen LogP contribution in [0, 0.1) is 17.2 Å². The molecule has 0 bridgehead atoms. The third-order valence-corrected chi connectivity index (χ3v) is 2.52. The van der Waals surface area contributed by atoms with E-state index >= 15 is 0 Å². The van der Waals surface area contributed by atoms with Crippen LogP contribution in [0.2, 0.25) is 0 Å². The Kier molecular flexibility index (Phi) is 3.29. The van der Waals surface area contributed by atoms with E-state index in [1.54, 1.807) is 0 Å². The lowest BCUT2D eigenvalue weighted by Crippen LogP contribution is -2.47. The molecule has 1 unspecified atom stereocenters. The van der Waals surface area contributed by atoms with Gasteiger partial charge in [0.15, 0.2) is 0 Å². The van der Waals surface area contributed by atoms with Gasteiger partial charge in [-0.15, -0.1) is 0 Å². The van der Waals surface area contributed by atoms with Gasteiger partial charge < -0.3 is 4.90 Å². The fraction of sp³-hybridized carbons (Fsp3) is 0.900. The lowest BCUT2D eigenvalue weighted by atomic mass is 10.00. The summed E-state index contributed by atoms with van der Waals surface area (Å²) in [5, 5.41) is 12.5. The van der Waals surface area contributed by atoms with Gasteiger partial charge in [0.2, 0.25) is 0 Å². The molecular weight excluding hydrogens is 162 g/mol. The van der Waals surface area contributed by atoms with E-state index in [-0.39, 0.29) is 5.54 Å². The van der Waals surface area contributed by atoms with E-state index in [9.17, 15) is 0 Å². The van der Waals surface area contributed by atoms with Gasteiger partial charge in [0.05, 0.1) is 6.07 Å². The maximum atomic E-state index is 9.11. The highest BCUT2D eigenvalue weighted by Gasteiger charge is 2.36. The SMILES string of the molecule is CC(C)CNC1(C#N)CCN(C)C1. The van der Waals surface area contributed by atoms with Gasteiger partial charge in [-0.05, 0) is 25.9 Å². The van der Waals surface area contributed by atoms with Crippen LogP contribution in [0.3, 0.4) is 0 Å². The van der Waals surface area contributed by atoms with E-state index in [4.69, 9.17) is 5.26 Å². The fourth-order valence-electron chi connectivity index (χ4n) is 1.68. The van der Waals surface area contributed by atoms with Gasteiger partial charge in [-0.25, -0.2) is 0 Å². The maximum absolute atomic E-state index is 9.11. The molecule has 3 heteroatoms. The van der Waals surface area contributed by atoms with Crippen molar-refractivity contribution < 1.29 is 0 Å². The molecule has 0 aromatic rings. The molecule has 1 rings (SSSR count). The van der Waals surface area contributed by atoms with Gasteiger partial charge in [0.1, 0.15) is 5.54 Å². The molecule has 0 amide bonds. The molecule has 1 N–H and O–H groups in total. The van der Waals surface area contributed by atoms with Crippen molar-refractivity contribution in [3.8, 4) is 6.07 Å². The number of nitrogens with one attached hydrogen (secondary N) is 1. The van der Waals surface area contributed by atoms with Crippen LogP contribution in [0.25, 0.3) is 0 Å². The highest BCUT2D eigenvalue weighted by Crippen LogP contribution is 2.19. The van der Waals surface area contributed by atoms with E-state index in [0.29, 0.717) is 5.92 Å².